The highest BCUT2D eigenvalue weighted by Gasteiger charge is 2.13. The van der Waals surface area contributed by atoms with Crippen molar-refractivity contribution >= 4 is 16.7 Å². The van der Waals surface area contributed by atoms with Gasteiger partial charge in [-0.2, -0.15) is 0 Å². The molecule has 2 nitrogen and oxygen atoms in total. The van der Waals surface area contributed by atoms with Crippen LogP contribution in [-0.4, -0.2) is 10.4 Å². The Morgan fingerprint density at radius 3 is 2.65 bits per heavy atom. The minimum Gasteiger partial charge on any atom is -0.341 e. The number of hydrogen-bond donors (Lipinski definition) is 0. The van der Waals surface area contributed by atoms with E-state index >= 15 is 0 Å². The van der Waals surface area contributed by atoms with Crippen molar-refractivity contribution in [3.05, 3.63) is 35.5 Å². The van der Waals surface area contributed by atoms with Crippen LogP contribution < -0.4 is 0 Å². The van der Waals surface area contributed by atoms with E-state index in [4.69, 9.17) is 0 Å². The topological polar surface area (TPSA) is 22.0 Å². The number of ketones is 1. The molecule has 1 aromatic carbocycles. The number of rotatable bonds is 3. The largest absolute Gasteiger partial charge is 0.341 e. The van der Waals surface area contributed by atoms with E-state index in [9.17, 15) is 4.79 Å². The van der Waals surface area contributed by atoms with Crippen LogP contribution in [0, 0.1) is 6.92 Å². The Morgan fingerprint density at radius 1 is 1.35 bits per heavy atom. The molecule has 0 fully saturated rings. The number of aromatic nitrogens is 1. The van der Waals surface area contributed by atoms with E-state index in [1.807, 2.05) is 0 Å². The maximum Gasteiger partial charge on any atom is 0.135 e. The van der Waals surface area contributed by atoms with Gasteiger partial charge in [-0.15, -0.1) is 0 Å². The molecule has 0 bridgehead atoms. The molecule has 2 aromatic rings. The van der Waals surface area contributed by atoms with Gasteiger partial charge in [-0.05, 0) is 39.3 Å². The average molecular weight is 229 g/mol. The zero-order valence-corrected chi connectivity index (χ0v) is 10.9. The number of carbonyl (C=O) groups is 1. The minimum atomic E-state index is 0.215. The smallest absolute Gasteiger partial charge is 0.135 e. The molecular weight excluding hydrogens is 210 g/mol. The van der Waals surface area contributed by atoms with Crippen LogP contribution in [0.2, 0.25) is 0 Å². The van der Waals surface area contributed by atoms with Crippen LogP contribution in [0.3, 0.4) is 0 Å². The zero-order valence-electron chi connectivity index (χ0n) is 10.9. The van der Waals surface area contributed by atoms with Gasteiger partial charge in [0, 0.05) is 23.5 Å². The minimum absolute atomic E-state index is 0.215. The van der Waals surface area contributed by atoms with Crippen LogP contribution in [0.15, 0.2) is 24.3 Å². The Morgan fingerprint density at radius 2 is 2.06 bits per heavy atom. The summed E-state index contributed by atoms with van der Waals surface area (Å²) >= 11 is 0. The van der Waals surface area contributed by atoms with Gasteiger partial charge in [0.05, 0.1) is 5.52 Å². The molecule has 2 heteroatoms. The maximum atomic E-state index is 11.3. The van der Waals surface area contributed by atoms with Crippen LogP contribution in [0.25, 0.3) is 10.9 Å². The summed E-state index contributed by atoms with van der Waals surface area (Å²) in [6.07, 6.45) is 0.520. The molecule has 0 radical (unpaired) electrons. The number of aryl methyl sites for hydroxylation is 1. The third-order valence-corrected chi connectivity index (χ3v) is 3.09. The molecule has 90 valence electrons. The number of fused-ring (bicyclic) bond motifs is 1. The van der Waals surface area contributed by atoms with Gasteiger partial charge in [-0.3, -0.25) is 4.79 Å². The molecule has 0 unspecified atom stereocenters. The van der Waals surface area contributed by atoms with Gasteiger partial charge in [-0.25, -0.2) is 0 Å². The molecule has 0 atom stereocenters. The van der Waals surface area contributed by atoms with Crippen molar-refractivity contribution < 1.29 is 4.79 Å². The molecule has 0 amide bonds. The summed E-state index contributed by atoms with van der Waals surface area (Å²) in [5, 5.41) is 1.23. The lowest BCUT2D eigenvalue weighted by Gasteiger charge is -2.15. The SMILES string of the molecule is CC(=O)Cc1cc2cccc(C)c2n1C(C)C. The van der Waals surface area contributed by atoms with E-state index in [1.54, 1.807) is 6.92 Å². The fourth-order valence-corrected chi connectivity index (χ4v) is 2.50. The summed E-state index contributed by atoms with van der Waals surface area (Å²) < 4.78 is 2.28. The third-order valence-electron chi connectivity index (χ3n) is 3.09. The van der Waals surface area contributed by atoms with Crippen molar-refractivity contribution in [2.24, 2.45) is 0 Å². The molecule has 0 aliphatic heterocycles. The van der Waals surface area contributed by atoms with E-state index in [0.29, 0.717) is 12.5 Å². The first-order valence-electron chi connectivity index (χ1n) is 6.09. The summed E-state index contributed by atoms with van der Waals surface area (Å²) in [6.45, 7) is 8.10. The Kier molecular flexibility index (Phi) is 3.05. The fraction of sp³-hybridized carbons (Fsp3) is 0.400. The number of para-hydroxylation sites is 1. The highest BCUT2D eigenvalue weighted by molar-refractivity contribution is 5.87. The van der Waals surface area contributed by atoms with E-state index in [1.165, 1.54) is 16.5 Å². The van der Waals surface area contributed by atoms with Crippen molar-refractivity contribution in [1.29, 1.82) is 0 Å². The molecule has 0 aliphatic carbocycles. The number of hydrogen-bond acceptors (Lipinski definition) is 1. The number of benzene rings is 1. The van der Waals surface area contributed by atoms with Gasteiger partial charge in [0.15, 0.2) is 0 Å². The van der Waals surface area contributed by atoms with Crippen molar-refractivity contribution in [2.45, 2.75) is 40.2 Å². The van der Waals surface area contributed by atoms with Gasteiger partial charge in [0.2, 0.25) is 0 Å². The molecular formula is C15H19NO. The number of Topliss-reactive ketones (excluding diaryl/α,β-unsaturated/α-hetero) is 1. The molecule has 17 heavy (non-hydrogen) atoms. The summed E-state index contributed by atoms with van der Waals surface area (Å²) in [6, 6.07) is 8.83. The van der Waals surface area contributed by atoms with E-state index < -0.39 is 0 Å². The number of nitrogens with zero attached hydrogens (tertiary/aromatic N) is 1. The standard InChI is InChI=1S/C15H19NO/c1-10(2)16-14(8-12(4)17)9-13-7-5-6-11(3)15(13)16/h5-7,9-10H,8H2,1-4H3. The van der Waals surface area contributed by atoms with Crippen molar-refractivity contribution in [3.8, 4) is 0 Å². The molecule has 1 aromatic heterocycles. The van der Waals surface area contributed by atoms with Crippen LogP contribution in [0.5, 0.6) is 0 Å². The second-order valence-electron chi connectivity index (χ2n) is 4.99. The van der Waals surface area contributed by atoms with E-state index in [2.05, 4.69) is 49.6 Å². The van der Waals surface area contributed by atoms with E-state index in [-0.39, 0.29) is 5.78 Å². The molecule has 0 N–H and O–H groups in total. The normalized spacial score (nSPS) is 11.4. The van der Waals surface area contributed by atoms with Gasteiger partial charge < -0.3 is 4.57 Å². The molecule has 0 spiro atoms. The molecule has 0 saturated carbocycles. The molecule has 0 aliphatic rings. The summed E-state index contributed by atoms with van der Waals surface area (Å²) in [4.78, 5) is 11.3. The fourth-order valence-electron chi connectivity index (χ4n) is 2.50. The van der Waals surface area contributed by atoms with Crippen LogP contribution in [-0.2, 0) is 11.2 Å². The van der Waals surface area contributed by atoms with Crippen LogP contribution >= 0.6 is 0 Å². The predicted molar refractivity (Wildman–Crippen MR) is 71.4 cm³/mol. The summed E-state index contributed by atoms with van der Waals surface area (Å²) in [5.41, 5.74) is 3.65. The first kappa shape index (κ1) is 11.9. The average Bonchev–Trinajstić information content (AvgIpc) is 2.56. The van der Waals surface area contributed by atoms with Crippen molar-refractivity contribution in [1.82, 2.24) is 4.57 Å². The maximum absolute atomic E-state index is 11.3. The summed E-state index contributed by atoms with van der Waals surface area (Å²) in [7, 11) is 0. The lowest BCUT2D eigenvalue weighted by atomic mass is 10.1. The molecule has 2 rings (SSSR count). The van der Waals surface area contributed by atoms with E-state index in [0.717, 1.165) is 5.69 Å². The van der Waals surface area contributed by atoms with Crippen molar-refractivity contribution in [2.75, 3.05) is 0 Å². The highest BCUT2D eigenvalue weighted by Crippen LogP contribution is 2.27. The number of carbonyl (C=O) groups excluding carboxylic acids is 1. The third kappa shape index (κ3) is 2.12. The van der Waals surface area contributed by atoms with Crippen molar-refractivity contribution in [3.63, 3.8) is 0 Å². The Hall–Kier alpha value is -1.57. The second kappa shape index (κ2) is 4.36. The zero-order chi connectivity index (χ0) is 12.6. The monoisotopic (exact) mass is 229 g/mol. The van der Waals surface area contributed by atoms with Crippen LogP contribution in [0.1, 0.15) is 38.1 Å². The van der Waals surface area contributed by atoms with Gasteiger partial charge >= 0.3 is 0 Å². The van der Waals surface area contributed by atoms with Gasteiger partial charge in [0.1, 0.15) is 5.78 Å². The molecule has 1 heterocycles. The second-order valence-corrected chi connectivity index (χ2v) is 4.99. The quantitative estimate of drug-likeness (QED) is 0.787. The Balaban J connectivity index is 2.71. The first-order chi connectivity index (χ1) is 8.00. The summed E-state index contributed by atoms with van der Waals surface area (Å²) in [5.74, 6) is 0.215. The predicted octanol–water partition coefficient (Wildman–Crippen LogP) is 3.66. The molecule has 0 saturated heterocycles. The lowest BCUT2D eigenvalue weighted by Crippen LogP contribution is -2.09. The Labute approximate surface area is 102 Å². The van der Waals surface area contributed by atoms with Gasteiger partial charge in [-0.1, -0.05) is 18.2 Å². The van der Waals surface area contributed by atoms with Crippen LogP contribution in [0.4, 0.5) is 0 Å². The van der Waals surface area contributed by atoms with Gasteiger partial charge in [0.25, 0.3) is 0 Å². The highest BCUT2D eigenvalue weighted by atomic mass is 16.1. The lowest BCUT2D eigenvalue weighted by molar-refractivity contribution is -0.116. The Bertz CT molecular complexity index is 564. The first-order valence-corrected chi connectivity index (χ1v) is 6.09.